The van der Waals surface area contributed by atoms with E-state index in [0.717, 1.165) is 58.6 Å². The molecule has 0 aliphatic carbocycles. The van der Waals surface area contributed by atoms with Gasteiger partial charge >= 0.3 is 0 Å². The van der Waals surface area contributed by atoms with Gasteiger partial charge in [-0.3, -0.25) is 9.97 Å². The van der Waals surface area contributed by atoms with Crippen LogP contribution in [0.25, 0.3) is 34.0 Å². The van der Waals surface area contributed by atoms with E-state index in [1.807, 2.05) is 36.7 Å². The molecule has 0 atom stereocenters. The van der Waals surface area contributed by atoms with Crippen LogP contribution < -0.4 is 4.72 Å². The van der Waals surface area contributed by atoms with Gasteiger partial charge in [-0.05, 0) is 101 Å². The number of pyridine rings is 2. The summed E-state index contributed by atoms with van der Waals surface area (Å²) >= 11 is 0. The van der Waals surface area contributed by atoms with Crippen LogP contribution in [-0.4, -0.2) is 41.4 Å². The third-order valence-electron chi connectivity index (χ3n) is 7.43. The highest BCUT2D eigenvalue weighted by Crippen LogP contribution is 2.39. The number of aromatic amines is 1. The van der Waals surface area contributed by atoms with Gasteiger partial charge in [0.25, 0.3) is 0 Å². The van der Waals surface area contributed by atoms with Crippen LogP contribution >= 0.6 is 0 Å². The van der Waals surface area contributed by atoms with Gasteiger partial charge in [-0.15, -0.1) is 0 Å². The zero-order chi connectivity index (χ0) is 29.6. The van der Waals surface area contributed by atoms with Gasteiger partial charge in [0, 0.05) is 61.7 Å². The zero-order valence-corrected chi connectivity index (χ0v) is 24.1. The number of aromatic nitrogens is 3. The van der Waals surface area contributed by atoms with Crippen molar-refractivity contribution in [3.63, 3.8) is 0 Å². The number of benzene rings is 2. The van der Waals surface area contributed by atoms with Crippen molar-refractivity contribution in [2.45, 2.75) is 17.9 Å². The number of nitrogens with one attached hydrogen (secondary N) is 2. The van der Waals surface area contributed by atoms with Crippen molar-refractivity contribution in [1.29, 1.82) is 0 Å². The molecular formula is C34H30FN5O2S. The second-order valence-corrected chi connectivity index (χ2v) is 12.0. The lowest BCUT2D eigenvalue weighted by Crippen LogP contribution is -2.23. The van der Waals surface area contributed by atoms with E-state index in [2.05, 4.69) is 30.6 Å². The second-order valence-electron chi connectivity index (χ2n) is 10.2. The lowest BCUT2D eigenvalue weighted by molar-refractivity contribution is 0.416. The van der Waals surface area contributed by atoms with E-state index >= 15 is 0 Å². The van der Waals surface area contributed by atoms with Gasteiger partial charge in [0.05, 0.1) is 10.6 Å². The first-order chi connectivity index (χ1) is 21.0. The quantitative estimate of drug-likeness (QED) is 0.204. The van der Waals surface area contributed by atoms with E-state index in [1.165, 1.54) is 17.7 Å². The Bertz CT molecular complexity index is 1850. The number of hydrogen-bond acceptors (Lipinski definition) is 5. The number of hydrogen-bond donors (Lipinski definition) is 2. The van der Waals surface area contributed by atoms with Crippen molar-refractivity contribution < 1.29 is 12.8 Å². The fraction of sp³-hybridized carbons (Fsp3) is 0.118. The van der Waals surface area contributed by atoms with Crippen molar-refractivity contribution in [2.24, 2.45) is 0 Å². The average Bonchev–Trinajstić information content (AvgIpc) is 3.50. The molecule has 6 rings (SSSR count). The Morgan fingerprint density at radius 3 is 2.42 bits per heavy atom. The first-order valence-electron chi connectivity index (χ1n) is 13.9. The van der Waals surface area contributed by atoms with Crippen LogP contribution in [0.4, 0.5) is 4.39 Å². The third-order valence-corrected chi connectivity index (χ3v) is 8.84. The molecule has 1 aliphatic heterocycles. The molecule has 5 aromatic rings. The van der Waals surface area contributed by atoms with Gasteiger partial charge in [-0.25, -0.2) is 17.5 Å². The van der Waals surface area contributed by atoms with Crippen molar-refractivity contribution in [2.75, 3.05) is 13.1 Å². The Morgan fingerprint density at radius 2 is 1.72 bits per heavy atom. The maximum Gasteiger partial charge on any atom is 0.240 e. The minimum atomic E-state index is -3.63. The summed E-state index contributed by atoms with van der Waals surface area (Å²) in [6.07, 6.45) is 16.0. The van der Waals surface area contributed by atoms with Crippen LogP contribution in [0.5, 0.6) is 0 Å². The molecule has 1 aliphatic rings. The van der Waals surface area contributed by atoms with Crippen molar-refractivity contribution >= 4 is 21.7 Å². The number of nitrogens with zero attached hydrogens (tertiary/aromatic N) is 3. The monoisotopic (exact) mass is 591 g/mol. The zero-order valence-electron chi connectivity index (χ0n) is 23.3. The number of rotatable bonds is 9. The maximum absolute atomic E-state index is 13.6. The molecule has 4 heterocycles. The molecule has 9 heteroatoms. The van der Waals surface area contributed by atoms with Gasteiger partial charge in [-0.1, -0.05) is 24.3 Å². The first kappa shape index (κ1) is 28.3. The maximum atomic E-state index is 13.6. The van der Waals surface area contributed by atoms with Gasteiger partial charge in [-0.2, -0.15) is 0 Å². The van der Waals surface area contributed by atoms with Crippen molar-refractivity contribution in [3.8, 4) is 22.4 Å². The SMILES string of the molecule is O=S(=O)(NCc1cccnc1)c1ccc(C=CN2CC=C(c3c[nH]c(-c4ccc(F)cc4)c3-c3ccncc3)CC2)cc1. The molecule has 7 nitrogen and oxygen atoms in total. The number of halogens is 1. The third kappa shape index (κ3) is 6.63. The molecule has 0 fully saturated rings. The topological polar surface area (TPSA) is 91.0 Å². The number of sulfonamides is 1. The molecule has 0 unspecified atom stereocenters. The average molecular weight is 592 g/mol. The molecular weight excluding hydrogens is 561 g/mol. The van der Waals surface area contributed by atoms with E-state index in [0.29, 0.717) is 0 Å². The van der Waals surface area contributed by atoms with Crippen LogP contribution in [0, 0.1) is 5.82 Å². The molecule has 0 saturated carbocycles. The Balaban J connectivity index is 1.14. The molecule has 0 radical (unpaired) electrons. The summed E-state index contributed by atoms with van der Waals surface area (Å²) in [4.78, 5) is 14.1. The highest BCUT2D eigenvalue weighted by molar-refractivity contribution is 7.89. The summed E-state index contributed by atoms with van der Waals surface area (Å²) < 4.78 is 41.6. The van der Waals surface area contributed by atoms with Crippen LogP contribution in [0.3, 0.4) is 0 Å². The van der Waals surface area contributed by atoms with Gasteiger partial charge < -0.3 is 9.88 Å². The summed E-state index contributed by atoms with van der Waals surface area (Å²) in [6, 6.07) is 21.0. The van der Waals surface area contributed by atoms with Crippen LogP contribution in [-0.2, 0) is 16.6 Å². The van der Waals surface area contributed by atoms with E-state index < -0.39 is 10.0 Å². The Labute approximate surface area is 250 Å². The smallest absolute Gasteiger partial charge is 0.240 e. The normalized spacial score (nSPS) is 13.8. The van der Waals surface area contributed by atoms with E-state index in [1.54, 1.807) is 67.3 Å². The summed E-state index contributed by atoms with van der Waals surface area (Å²) in [5.41, 5.74) is 8.07. The lowest BCUT2D eigenvalue weighted by Gasteiger charge is -2.25. The largest absolute Gasteiger partial charge is 0.373 e. The molecule has 0 bridgehead atoms. The molecule has 216 valence electrons. The predicted octanol–water partition coefficient (Wildman–Crippen LogP) is 6.52. The summed E-state index contributed by atoms with van der Waals surface area (Å²) in [5.74, 6) is -0.265. The summed E-state index contributed by atoms with van der Waals surface area (Å²) in [6.45, 7) is 1.76. The summed E-state index contributed by atoms with van der Waals surface area (Å²) in [7, 11) is -3.63. The molecule has 43 heavy (non-hydrogen) atoms. The first-order valence-corrected chi connectivity index (χ1v) is 15.4. The molecule has 0 amide bonds. The van der Waals surface area contributed by atoms with Gasteiger partial charge in [0.1, 0.15) is 5.82 Å². The fourth-order valence-corrected chi connectivity index (χ4v) is 6.14. The standard InChI is InChI=1S/C34H30FN5O2S/c35-30-7-5-29(6-8-30)34-33(28-11-17-36-18-12-28)32(24-38-34)27-14-20-40(21-15-27)19-13-25-3-9-31(10-4-25)43(41,42)39-23-26-2-1-16-37-22-26/h1-14,16-19,22,24,38-39H,15,20-21,23H2. The van der Waals surface area contributed by atoms with E-state index in [-0.39, 0.29) is 17.3 Å². The summed E-state index contributed by atoms with van der Waals surface area (Å²) in [5, 5.41) is 0. The highest BCUT2D eigenvalue weighted by Gasteiger charge is 2.20. The van der Waals surface area contributed by atoms with Crippen LogP contribution in [0.15, 0.2) is 121 Å². The van der Waals surface area contributed by atoms with Crippen molar-refractivity contribution in [1.82, 2.24) is 24.6 Å². The van der Waals surface area contributed by atoms with E-state index in [9.17, 15) is 12.8 Å². The second kappa shape index (κ2) is 12.6. The van der Waals surface area contributed by atoms with Crippen molar-refractivity contribution in [3.05, 3.63) is 139 Å². The molecule has 0 spiro atoms. The molecule has 2 N–H and O–H groups in total. The number of H-pyrrole nitrogens is 1. The lowest BCUT2D eigenvalue weighted by atomic mass is 9.92. The van der Waals surface area contributed by atoms with Gasteiger partial charge in [0.15, 0.2) is 0 Å². The van der Waals surface area contributed by atoms with Crippen LogP contribution in [0.2, 0.25) is 0 Å². The fourth-order valence-electron chi connectivity index (χ4n) is 5.12. The molecule has 3 aromatic heterocycles. The predicted molar refractivity (Wildman–Crippen MR) is 167 cm³/mol. The minimum absolute atomic E-state index is 0.183. The molecule has 2 aromatic carbocycles. The van der Waals surface area contributed by atoms with Gasteiger partial charge in [0.2, 0.25) is 10.0 Å². The Hall–Kier alpha value is -4.86. The highest BCUT2D eigenvalue weighted by atomic mass is 32.2. The minimum Gasteiger partial charge on any atom is -0.373 e. The Morgan fingerprint density at radius 1 is 0.930 bits per heavy atom. The Kier molecular flexibility index (Phi) is 8.26. The van der Waals surface area contributed by atoms with Crippen LogP contribution in [0.1, 0.15) is 23.1 Å². The molecule has 0 saturated heterocycles. The van der Waals surface area contributed by atoms with E-state index in [4.69, 9.17) is 0 Å².